The fourth-order valence-electron chi connectivity index (χ4n) is 2.58. The molecule has 0 aliphatic carbocycles. The fourth-order valence-corrected chi connectivity index (χ4v) is 2.58. The van der Waals surface area contributed by atoms with Gasteiger partial charge in [0.15, 0.2) is 0 Å². The molecule has 94 valence electrons. The maximum absolute atomic E-state index is 5.92. The zero-order valence-electron chi connectivity index (χ0n) is 10.8. The quantitative estimate of drug-likeness (QED) is 0.861. The molecule has 2 heterocycles. The first-order valence-corrected chi connectivity index (χ1v) is 6.43. The first-order valence-electron chi connectivity index (χ1n) is 6.43. The number of likely N-dealkylation sites (tertiary alicyclic amines) is 1. The van der Waals surface area contributed by atoms with Gasteiger partial charge in [-0.3, -0.25) is 4.90 Å². The van der Waals surface area contributed by atoms with E-state index in [-0.39, 0.29) is 6.04 Å². The van der Waals surface area contributed by atoms with E-state index < -0.39 is 0 Å². The van der Waals surface area contributed by atoms with Crippen molar-refractivity contribution in [2.45, 2.75) is 32.7 Å². The maximum Gasteiger partial charge on any atom is 0.125 e. The van der Waals surface area contributed by atoms with E-state index in [0.29, 0.717) is 6.54 Å². The first-order chi connectivity index (χ1) is 8.20. The second-order valence-electron chi connectivity index (χ2n) is 5.06. The number of piperidine rings is 1. The predicted molar refractivity (Wildman–Crippen MR) is 68.5 cm³/mol. The van der Waals surface area contributed by atoms with Crippen molar-refractivity contribution in [3.8, 4) is 0 Å². The average Bonchev–Trinajstić information content (AvgIpc) is 2.33. The van der Waals surface area contributed by atoms with Crippen LogP contribution in [0.2, 0.25) is 0 Å². The van der Waals surface area contributed by atoms with Gasteiger partial charge in [0.1, 0.15) is 5.82 Å². The van der Waals surface area contributed by atoms with Crippen molar-refractivity contribution in [2.24, 2.45) is 11.7 Å². The summed E-state index contributed by atoms with van der Waals surface area (Å²) in [6, 6.07) is 0.276. The highest BCUT2D eigenvalue weighted by molar-refractivity contribution is 5.12. The molecule has 0 radical (unpaired) electrons. The minimum Gasteiger partial charge on any atom is -0.329 e. The number of nitrogens with two attached hydrogens (primary N) is 1. The minimum absolute atomic E-state index is 0.276. The molecule has 1 aliphatic heterocycles. The maximum atomic E-state index is 5.92. The van der Waals surface area contributed by atoms with E-state index in [0.717, 1.165) is 30.4 Å². The SMILES string of the molecule is Cc1ncc(C(CN)N2CCCC(C)C2)cn1. The summed E-state index contributed by atoms with van der Waals surface area (Å²) in [6.07, 6.45) is 6.43. The zero-order valence-corrected chi connectivity index (χ0v) is 10.8. The molecule has 0 amide bonds. The van der Waals surface area contributed by atoms with Gasteiger partial charge in [0.2, 0.25) is 0 Å². The lowest BCUT2D eigenvalue weighted by atomic mass is 9.97. The second-order valence-corrected chi connectivity index (χ2v) is 5.06. The van der Waals surface area contributed by atoms with Gasteiger partial charge in [-0.1, -0.05) is 6.92 Å². The molecule has 1 fully saturated rings. The molecule has 1 aliphatic rings. The molecular formula is C13H22N4. The van der Waals surface area contributed by atoms with Gasteiger partial charge < -0.3 is 5.73 Å². The Morgan fingerprint density at radius 2 is 2.18 bits per heavy atom. The van der Waals surface area contributed by atoms with E-state index in [2.05, 4.69) is 21.8 Å². The van der Waals surface area contributed by atoms with Crippen LogP contribution in [0.3, 0.4) is 0 Å². The Morgan fingerprint density at radius 3 is 2.76 bits per heavy atom. The zero-order chi connectivity index (χ0) is 12.3. The van der Waals surface area contributed by atoms with E-state index in [1.165, 1.54) is 12.8 Å². The molecule has 17 heavy (non-hydrogen) atoms. The molecule has 1 aromatic rings. The largest absolute Gasteiger partial charge is 0.329 e. The van der Waals surface area contributed by atoms with Crippen LogP contribution < -0.4 is 5.73 Å². The molecule has 2 atom stereocenters. The van der Waals surface area contributed by atoms with E-state index in [4.69, 9.17) is 5.73 Å². The van der Waals surface area contributed by atoms with Gasteiger partial charge >= 0.3 is 0 Å². The van der Waals surface area contributed by atoms with Crippen molar-refractivity contribution >= 4 is 0 Å². The summed E-state index contributed by atoms with van der Waals surface area (Å²) in [5, 5.41) is 0. The molecule has 4 nitrogen and oxygen atoms in total. The summed E-state index contributed by atoms with van der Waals surface area (Å²) < 4.78 is 0. The summed E-state index contributed by atoms with van der Waals surface area (Å²) in [6.45, 7) is 7.13. The van der Waals surface area contributed by atoms with Crippen LogP contribution >= 0.6 is 0 Å². The molecule has 0 aromatic carbocycles. The van der Waals surface area contributed by atoms with Crippen molar-refractivity contribution in [3.63, 3.8) is 0 Å². The lowest BCUT2D eigenvalue weighted by Crippen LogP contribution is -2.40. The summed E-state index contributed by atoms with van der Waals surface area (Å²) in [5.74, 6) is 1.58. The molecule has 1 saturated heterocycles. The van der Waals surface area contributed by atoms with Crippen LogP contribution in [0, 0.1) is 12.8 Å². The summed E-state index contributed by atoms with van der Waals surface area (Å²) >= 11 is 0. The third-order valence-corrected chi connectivity index (χ3v) is 3.54. The lowest BCUT2D eigenvalue weighted by Gasteiger charge is -2.36. The van der Waals surface area contributed by atoms with Crippen molar-refractivity contribution < 1.29 is 0 Å². The average molecular weight is 234 g/mol. The van der Waals surface area contributed by atoms with Crippen LogP contribution in [-0.4, -0.2) is 34.5 Å². The summed E-state index contributed by atoms with van der Waals surface area (Å²) in [7, 11) is 0. The topological polar surface area (TPSA) is 55.0 Å². The third-order valence-electron chi connectivity index (χ3n) is 3.54. The molecule has 1 aromatic heterocycles. The minimum atomic E-state index is 0.276. The molecule has 2 unspecified atom stereocenters. The van der Waals surface area contributed by atoms with Gasteiger partial charge in [-0.25, -0.2) is 9.97 Å². The van der Waals surface area contributed by atoms with Gasteiger partial charge in [-0.2, -0.15) is 0 Å². The Labute approximate surface area is 103 Å². The van der Waals surface area contributed by atoms with E-state index in [1.54, 1.807) is 0 Å². The molecule has 2 N–H and O–H groups in total. The summed E-state index contributed by atoms with van der Waals surface area (Å²) in [4.78, 5) is 11.0. The van der Waals surface area contributed by atoms with Crippen molar-refractivity contribution in [1.82, 2.24) is 14.9 Å². The highest BCUT2D eigenvalue weighted by atomic mass is 15.2. The number of rotatable bonds is 3. The molecule has 0 saturated carbocycles. The van der Waals surface area contributed by atoms with E-state index in [9.17, 15) is 0 Å². The molecule has 0 spiro atoms. The number of hydrogen-bond acceptors (Lipinski definition) is 4. The number of aryl methyl sites for hydroxylation is 1. The Hall–Kier alpha value is -1.00. The Morgan fingerprint density at radius 1 is 1.47 bits per heavy atom. The summed E-state index contributed by atoms with van der Waals surface area (Å²) in [5.41, 5.74) is 7.07. The lowest BCUT2D eigenvalue weighted by molar-refractivity contribution is 0.132. The van der Waals surface area contributed by atoms with Gasteiger partial charge in [-0.15, -0.1) is 0 Å². The van der Waals surface area contributed by atoms with E-state index in [1.807, 2.05) is 19.3 Å². The number of nitrogens with zero attached hydrogens (tertiary/aromatic N) is 3. The number of aromatic nitrogens is 2. The molecular weight excluding hydrogens is 212 g/mol. The van der Waals surface area contributed by atoms with Gasteiger partial charge in [0.05, 0.1) is 6.04 Å². The first kappa shape index (κ1) is 12.5. The smallest absolute Gasteiger partial charge is 0.125 e. The molecule has 0 bridgehead atoms. The van der Waals surface area contributed by atoms with Crippen LogP contribution in [0.4, 0.5) is 0 Å². The monoisotopic (exact) mass is 234 g/mol. The van der Waals surface area contributed by atoms with Crippen LogP contribution in [0.5, 0.6) is 0 Å². The van der Waals surface area contributed by atoms with Crippen LogP contribution in [-0.2, 0) is 0 Å². The normalized spacial score (nSPS) is 23.6. The van der Waals surface area contributed by atoms with Crippen LogP contribution in [0.15, 0.2) is 12.4 Å². The second kappa shape index (κ2) is 5.56. The predicted octanol–water partition coefficient (Wildman–Crippen LogP) is 1.52. The Bertz CT molecular complexity index is 349. The molecule has 2 rings (SSSR count). The Balaban J connectivity index is 2.12. The standard InChI is InChI=1S/C13H22N4/c1-10-4-3-5-17(9-10)13(6-14)12-7-15-11(2)16-8-12/h7-8,10,13H,3-6,9,14H2,1-2H3. The van der Waals surface area contributed by atoms with Crippen LogP contribution in [0.25, 0.3) is 0 Å². The van der Waals surface area contributed by atoms with Gasteiger partial charge in [0, 0.05) is 31.0 Å². The Kier molecular flexibility index (Phi) is 4.07. The highest BCUT2D eigenvalue weighted by Gasteiger charge is 2.24. The van der Waals surface area contributed by atoms with E-state index >= 15 is 0 Å². The number of hydrogen-bond donors (Lipinski definition) is 1. The van der Waals surface area contributed by atoms with Crippen molar-refractivity contribution in [2.75, 3.05) is 19.6 Å². The third kappa shape index (κ3) is 3.01. The van der Waals surface area contributed by atoms with Crippen molar-refractivity contribution in [1.29, 1.82) is 0 Å². The van der Waals surface area contributed by atoms with Crippen molar-refractivity contribution in [3.05, 3.63) is 23.8 Å². The van der Waals surface area contributed by atoms with Gasteiger partial charge in [0.25, 0.3) is 0 Å². The highest BCUT2D eigenvalue weighted by Crippen LogP contribution is 2.25. The van der Waals surface area contributed by atoms with Gasteiger partial charge in [-0.05, 0) is 32.2 Å². The fraction of sp³-hybridized carbons (Fsp3) is 0.692. The molecule has 4 heteroatoms. The van der Waals surface area contributed by atoms with Crippen LogP contribution in [0.1, 0.15) is 37.2 Å².